The second-order valence-corrected chi connectivity index (χ2v) is 5.66. The predicted octanol–water partition coefficient (Wildman–Crippen LogP) is 3.52. The molecule has 1 N–H and O–H groups in total. The Morgan fingerprint density at radius 2 is 2.36 bits per heavy atom. The second kappa shape index (κ2) is 3.89. The summed E-state index contributed by atoms with van der Waals surface area (Å²) in [6, 6.07) is 0.599. The summed E-state index contributed by atoms with van der Waals surface area (Å²) in [7, 11) is 0. The first-order valence-corrected chi connectivity index (χ1v) is 6.22. The molecule has 1 atom stereocenters. The zero-order valence-electron chi connectivity index (χ0n) is 8.92. The van der Waals surface area contributed by atoms with Crippen molar-refractivity contribution in [2.45, 2.75) is 45.6 Å². The SMILES string of the molecule is CC1(C)CCCCC1Nc1nccs1. The molecule has 0 saturated heterocycles. The molecular formula is C11H18N2S. The molecular weight excluding hydrogens is 192 g/mol. The van der Waals surface area contributed by atoms with E-state index in [1.54, 1.807) is 11.3 Å². The maximum Gasteiger partial charge on any atom is 0.182 e. The summed E-state index contributed by atoms with van der Waals surface area (Å²) in [5.74, 6) is 0. The lowest BCUT2D eigenvalue weighted by atomic mass is 9.73. The van der Waals surface area contributed by atoms with Crippen LogP contribution in [0.2, 0.25) is 0 Å². The van der Waals surface area contributed by atoms with Crippen LogP contribution in [0.3, 0.4) is 0 Å². The molecule has 3 heteroatoms. The monoisotopic (exact) mass is 210 g/mol. The number of thiazole rings is 1. The smallest absolute Gasteiger partial charge is 0.182 e. The van der Waals surface area contributed by atoms with E-state index < -0.39 is 0 Å². The molecule has 1 fully saturated rings. The van der Waals surface area contributed by atoms with Gasteiger partial charge in [0.05, 0.1) is 0 Å². The Morgan fingerprint density at radius 3 is 3.00 bits per heavy atom. The predicted molar refractivity (Wildman–Crippen MR) is 61.8 cm³/mol. The van der Waals surface area contributed by atoms with Crippen LogP contribution in [0, 0.1) is 5.41 Å². The van der Waals surface area contributed by atoms with Gasteiger partial charge < -0.3 is 5.32 Å². The molecule has 0 aromatic carbocycles. The quantitative estimate of drug-likeness (QED) is 0.807. The number of hydrogen-bond acceptors (Lipinski definition) is 3. The second-order valence-electron chi connectivity index (χ2n) is 4.77. The molecule has 1 saturated carbocycles. The van der Waals surface area contributed by atoms with Crippen LogP contribution < -0.4 is 5.32 Å². The van der Waals surface area contributed by atoms with Crippen molar-refractivity contribution in [2.75, 3.05) is 5.32 Å². The van der Waals surface area contributed by atoms with Crippen molar-refractivity contribution in [1.82, 2.24) is 4.98 Å². The summed E-state index contributed by atoms with van der Waals surface area (Å²) >= 11 is 1.70. The third-order valence-corrected chi connectivity index (χ3v) is 3.94. The molecule has 1 aliphatic rings. The molecule has 14 heavy (non-hydrogen) atoms. The normalized spacial score (nSPS) is 26.0. The molecule has 1 aromatic rings. The van der Waals surface area contributed by atoms with Crippen molar-refractivity contribution in [2.24, 2.45) is 5.41 Å². The molecule has 0 bridgehead atoms. The Morgan fingerprint density at radius 1 is 1.50 bits per heavy atom. The molecule has 1 aliphatic carbocycles. The fourth-order valence-electron chi connectivity index (χ4n) is 2.21. The highest BCUT2D eigenvalue weighted by atomic mass is 32.1. The molecule has 2 nitrogen and oxygen atoms in total. The Balaban J connectivity index is 2.02. The molecule has 0 spiro atoms. The first-order chi connectivity index (χ1) is 6.68. The van der Waals surface area contributed by atoms with E-state index in [0.29, 0.717) is 11.5 Å². The Bertz CT molecular complexity index is 279. The third-order valence-electron chi connectivity index (χ3n) is 3.24. The number of nitrogens with one attached hydrogen (secondary N) is 1. The molecule has 0 aliphatic heterocycles. The molecule has 0 amide bonds. The van der Waals surface area contributed by atoms with E-state index in [1.807, 2.05) is 11.6 Å². The molecule has 1 heterocycles. The lowest BCUT2D eigenvalue weighted by molar-refractivity contribution is 0.217. The van der Waals surface area contributed by atoms with Crippen LogP contribution in [0.15, 0.2) is 11.6 Å². The minimum atomic E-state index is 0.421. The minimum Gasteiger partial charge on any atom is -0.358 e. The first kappa shape index (κ1) is 9.97. The van der Waals surface area contributed by atoms with Gasteiger partial charge in [0.25, 0.3) is 0 Å². The fraction of sp³-hybridized carbons (Fsp3) is 0.727. The first-order valence-electron chi connectivity index (χ1n) is 5.34. The van der Waals surface area contributed by atoms with E-state index >= 15 is 0 Å². The molecule has 78 valence electrons. The summed E-state index contributed by atoms with van der Waals surface area (Å²) in [6.07, 6.45) is 7.21. The van der Waals surface area contributed by atoms with Crippen molar-refractivity contribution in [3.05, 3.63) is 11.6 Å². The lowest BCUT2D eigenvalue weighted by Crippen LogP contribution is -2.38. The van der Waals surface area contributed by atoms with Crippen LogP contribution in [-0.2, 0) is 0 Å². The molecule has 1 aromatic heterocycles. The van der Waals surface area contributed by atoms with Gasteiger partial charge >= 0.3 is 0 Å². The van der Waals surface area contributed by atoms with Crippen molar-refractivity contribution >= 4 is 16.5 Å². The Labute approximate surface area is 89.8 Å². The van der Waals surface area contributed by atoms with Gasteiger partial charge in [0.15, 0.2) is 5.13 Å². The average Bonchev–Trinajstić information content (AvgIpc) is 2.61. The number of hydrogen-bond donors (Lipinski definition) is 1. The summed E-state index contributed by atoms with van der Waals surface area (Å²) in [5, 5.41) is 6.66. The van der Waals surface area contributed by atoms with E-state index in [-0.39, 0.29) is 0 Å². The van der Waals surface area contributed by atoms with Gasteiger partial charge in [-0.05, 0) is 18.3 Å². The van der Waals surface area contributed by atoms with Gasteiger partial charge in [0.1, 0.15) is 0 Å². The molecule has 0 radical (unpaired) electrons. The topological polar surface area (TPSA) is 24.9 Å². The van der Waals surface area contributed by atoms with Gasteiger partial charge in [-0.2, -0.15) is 0 Å². The van der Waals surface area contributed by atoms with Crippen LogP contribution in [0.1, 0.15) is 39.5 Å². The van der Waals surface area contributed by atoms with E-state index in [4.69, 9.17) is 0 Å². The Hall–Kier alpha value is -0.570. The summed E-state index contributed by atoms with van der Waals surface area (Å²) in [4.78, 5) is 4.28. The van der Waals surface area contributed by atoms with Crippen LogP contribution in [0.25, 0.3) is 0 Å². The van der Waals surface area contributed by atoms with E-state index in [9.17, 15) is 0 Å². The van der Waals surface area contributed by atoms with Crippen molar-refractivity contribution < 1.29 is 0 Å². The van der Waals surface area contributed by atoms with E-state index in [2.05, 4.69) is 24.1 Å². The highest BCUT2D eigenvalue weighted by Gasteiger charge is 2.32. The largest absolute Gasteiger partial charge is 0.358 e. The van der Waals surface area contributed by atoms with Gasteiger partial charge in [0.2, 0.25) is 0 Å². The number of anilines is 1. The average molecular weight is 210 g/mol. The van der Waals surface area contributed by atoms with Gasteiger partial charge in [-0.3, -0.25) is 0 Å². The third kappa shape index (κ3) is 2.08. The summed E-state index contributed by atoms with van der Waals surface area (Å²) in [5.41, 5.74) is 0.421. The minimum absolute atomic E-state index is 0.421. The van der Waals surface area contributed by atoms with Gasteiger partial charge in [-0.1, -0.05) is 26.7 Å². The van der Waals surface area contributed by atoms with Crippen molar-refractivity contribution in [3.8, 4) is 0 Å². The maximum absolute atomic E-state index is 4.28. The fourth-order valence-corrected chi connectivity index (χ4v) is 2.79. The van der Waals surface area contributed by atoms with Gasteiger partial charge in [-0.25, -0.2) is 4.98 Å². The summed E-state index contributed by atoms with van der Waals surface area (Å²) < 4.78 is 0. The Kier molecular flexibility index (Phi) is 2.77. The van der Waals surface area contributed by atoms with Crippen LogP contribution in [0.4, 0.5) is 5.13 Å². The standard InChI is InChI=1S/C11H18N2S/c1-11(2)6-4-3-5-9(11)13-10-12-7-8-14-10/h7-9H,3-6H2,1-2H3,(H,12,13). The number of aromatic nitrogens is 1. The lowest BCUT2D eigenvalue weighted by Gasteiger charge is -2.38. The van der Waals surface area contributed by atoms with Gasteiger partial charge in [0, 0.05) is 17.6 Å². The van der Waals surface area contributed by atoms with Crippen LogP contribution in [-0.4, -0.2) is 11.0 Å². The number of nitrogens with zero attached hydrogens (tertiary/aromatic N) is 1. The zero-order valence-corrected chi connectivity index (χ0v) is 9.73. The molecule has 1 unspecified atom stereocenters. The van der Waals surface area contributed by atoms with Crippen LogP contribution >= 0.6 is 11.3 Å². The maximum atomic E-state index is 4.28. The van der Waals surface area contributed by atoms with E-state index in [0.717, 1.165) is 5.13 Å². The zero-order chi connectivity index (χ0) is 10.0. The highest BCUT2D eigenvalue weighted by molar-refractivity contribution is 7.13. The number of rotatable bonds is 2. The van der Waals surface area contributed by atoms with Crippen molar-refractivity contribution in [3.63, 3.8) is 0 Å². The van der Waals surface area contributed by atoms with Crippen molar-refractivity contribution in [1.29, 1.82) is 0 Å². The highest BCUT2D eigenvalue weighted by Crippen LogP contribution is 2.37. The van der Waals surface area contributed by atoms with Gasteiger partial charge in [-0.15, -0.1) is 11.3 Å². The van der Waals surface area contributed by atoms with E-state index in [1.165, 1.54) is 25.7 Å². The summed E-state index contributed by atoms with van der Waals surface area (Å²) in [6.45, 7) is 4.72. The van der Waals surface area contributed by atoms with Crippen LogP contribution in [0.5, 0.6) is 0 Å². The molecule has 2 rings (SSSR count).